The zero-order valence-corrected chi connectivity index (χ0v) is 16.6. The lowest BCUT2D eigenvalue weighted by Crippen LogP contribution is -2.36. The van der Waals surface area contributed by atoms with Crippen molar-refractivity contribution in [1.29, 1.82) is 0 Å². The smallest absolute Gasteiger partial charge is 0.316 e. The van der Waals surface area contributed by atoms with Gasteiger partial charge >= 0.3 is 17.5 Å². The van der Waals surface area contributed by atoms with Crippen LogP contribution in [0.15, 0.2) is 41.2 Å². The average Bonchev–Trinajstić information content (AvgIpc) is 3.41. The van der Waals surface area contributed by atoms with Gasteiger partial charge in [0, 0.05) is 13.1 Å². The Morgan fingerprint density at radius 3 is 2.77 bits per heavy atom. The molecular formula is C17H16ClN7O6. The summed E-state index contributed by atoms with van der Waals surface area (Å²) in [6.45, 7) is 0.0243. The van der Waals surface area contributed by atoms with Crippen LogP contribution in [0.25, 0.3) is 0 Å². The Kier molecular flexibility index (Phi) is 7.11. The van der Waals surface area contributed by atoms with E-state index in [0.717, 1.165) is 6.20 Å². The second-order valence-electron chi connectivity index (χ2n) is 5.99. The highest BCUT2D eigenvalue weighted by Crippen LogP contribution is 2.22. The summed E-state index contributed by atoms with van der Waals surface area (Å²) in [5.74, 6) is -0.794. The van der Waals surface area contributed by atoms with Crippen molar-refractivity contribution < 1.29 is 23.8 Å². The summed E-state index contributed by atoms with van der Waals surface area (Å²) >= 11 is 5.93. The van der Waals surface area contributed by atoms with Crippen molar-refractivity contribution >= 4 is 29.1 Å². The zero-order chi connectivity index (χ0) is 22.2. The number of para-hydroxylation sites is 1. The first kappa shape index (κ1) is 21.7. The van der Waals surface area contributed by atoms with Crippen LogP contribution in [0.5, 0.6) is 5.75 Å². The molecule has 0 saturated heterocycles. The third kappa shape index (κ3) is 6.24. The van der Waals surface area contributed by atoms with E-state index in [2.05, 4.69) is 25.9 Å². The van der Waals surface area contributed by atoms with Crippen molar-refractivity contribution in [3.8, 4) is 5.75 Å². The first-order chi connectivity index (χ1) is 14.9. The fraction of sp³-hybridized carbons (Fsp3) is 0.235. The Morgan fingerprint density at radius 2 is 2.03 bits per heavy atom. The number of nitro groups is 1. The lowest BCUT2D eigenvalue weighted by Gasteiger charge is -2.08. The Morgan fingerprint density at radius 1 is 1.26 bits per heavy atom. The van der Waals surface area contributed by atoms with Gasteiger partial charge in [0.25, 0.3) is 5.91 Å². The number of carbonyl (C=O) groups is 2. The van der Waals surface area contributed by atoms with Crippen molar-refractivity contribution in [3.63, 3.8) is 0 Å². The molecule has 31 heavy (non-hydrogen) atoms. The number of ether oxygens (including phenoxy) is 1. The van der Waals surface area contributed by atoms with E-state index in [4.69, 9.17) is 20.9 Å². The van der Waals surface area contributed by atoms with E-state index >= 15 is 0 Å². The van der Waals surface area contributed by atoms with Crippen LogP contribution in [0.4, 0.5) is 5.69 Å². The molecule has 0 bridgehead atoms. The minimum Gasteiger partial charge on any atom is -0.482 e. The van der Waals surface area contributed by atoms with Gasteiger partial charge in [0.15, 0.2) is 12.4 Å². The fourth-order valence-electron chi connectivity index (χ4n) is 2.30. The zero-order valence-electron chi connectivity index (χ0n) is 15.9. The third-order valence-corrected chi connectivity index (χ3v) is 4.04. The van der Waals surface area contributed by atoms with Crippen LogP contribution < -0.4 is 15.4 Å². The van der Waals surface area contributed by atoms with Crippen LogP contribution in [-0.4, -0.2) is 56.4 Å². The molecule has 0 unspecified atom stereocenters. The van der Waals surface area contributed by atoms with E-state index in [1.165, 1.54) is 10.9 Å². The van der Waals surface area contributed by atoms with Gasteiger partial charge in [0.2, 0.25) is 0 Å². The molecule has 0 saturated carbocycles. The maximum atomic E-state index is 12.0. The highest BCUT2D eigenvalue weighted by molar-refractivity contribution is 6.32. The van der Waals surface area contributed by atoms with Gasteiger partial charge in [0.05, 0.1) is 9.95 Å². The van der Waals surface area contributed by atoms with Crippen molar-refractivity contribution in [2.75, 3.05) is 19.7 Å². The van der Waals surface area contributed by atoms with E-state index in [1.807, 2.05) is 0 Å². The van der Waals surface area contributed by atoms with Crippen LogP contribution >= 0.6 is 11.6 Å². The maximum absolute atomic E-state index is 12.0. The largest absolute Gasteiger partial charge is 0.482 e. The van der Waals surface area contributed by atoms with E-state index in [-0.39, 0.29) is 49.6 Å². The summed E-state index contributed by atoms with van der Waals surface area (Å²) in [6, 6.07) is 6.76. The van der Waals surface area contributed by atoms with E-state index < -0.39 is 10.8 Å². The molecule has 0 aliphatic rings. The van der Waals surface area contributed by atoms with Gasteiger partial charge in [-0.3, -0.25) is 24.4 Å². The van der Waals surface area contributed by atoms with Crippen molar-refractivity contribution in [3.05, 3.63) is 63.5 Å². The molecule has 0 radical (unpaired) electrons. The van der Waals surface area contributed by atoms with E-state index in [9.17, 15) is 19.7 Å². The van der Waals surface area contributed by atoms with Crippen LogP contribution in [0, 0.1) is 10.1 Å². The van der Waals surface area contributed by atoms with Gasteiger partial charge in [-0.1, -0.05) is 28.9 Å². The van der Waals surface area contributed by atoms with Gasteiger partial charge in [-0.25, -0.2) is 0 Å². The number of hydrogen-bond donors (Lipinski definition) is 2. The Balaban J connectivity index is 1.37. The second kappa shape index (κ2) is 10.2. The summed E-state index contributed by atoms with van der Waals surface area (Å²) < 4.78 is 11.4. The molecule has 3 rings (SSSR count). The number of hydrogen-bond acceptors (Lipinski definition) is 9. The van der Waals surface area contributed by atoms with Gasteiger partial charge in [0.1, 0.15) is 24.7 Å². The molecule has 1 aromatic carbocycles. The SMILES string of the molecule is O=C(COc1ccccc1Cl)NCCNC(=O)c1nc(Cn2cc([N+](=O)[O-])cn2)no1. The third-order valence-electron chi connectivity index (χ3n) is 3.72. The van der Waals surface area contributed by atoms with Gasteiger partial charge in [-0.05, 0) is 12.1 Å². The van der Waals surface area contributed by atoms with Crippen molar-refractivity contribution in [2.45, 2.75) is 6.54 Å². The highest BCUT2D eigenvalue weighted by atomic mass is 35.5. The van der Waals surface area contributed by atoms with Crippen molar-refractivity contribution in [1.82, 2.24) is 30.6 Å². The maximum Gasteiger partial charge on any atom is 0.316 e. The van der Waals surface area contributed by atoms with E-state index in [1.54, 1.807) is 24.3 Å². The molecule has 0 spiro atoms. The monoisotopic (exact) mass is 449 g/mol. The Labute approximate surface area is 179 Å². The number of halogens is 1. The minimum atomic E-state index is -0.633. The molecular weight excluding hydrogens is 434 g/mol. The summed E-state index contributed by atoms with van der Waals surface area (Å²) in [7, 11) is 0. The molecule has 3 aromatic rings. The lowest BCUT2D eigenvalue weighted by molar-refractivity contribution is -0.385. The minimum absolute atomic E-state index is 0.00783. The quantitative estimate of drug-likeness (QED) is 0.258. The Hall–Kier alpha value is -4.00. The Bertz CT molecular complexity index is 1080. The molecule has 14 heteroatoms. The van der Waals surface area contributed by atoms with Crippen LogP contribution in [0.2, 0.25) is 5.02 Å². The van der Waals surface area contributed by atoms with Gasteiger partial charge in [-0.2, -0.15) is 10.1 Å². The van der Waals surface area contributed by atoms with Crippen LogP contribution in [-0.2, 0) is 11.3 Å². The van der Waals surface area contributed by atoms with Crippen molar-refractivity contribution in [2.24, 2.45) is 0 Å². The molecule has 2 N–H and O–H groups in total. The molecule has 0 aliphatic heterocycles. The first-order valence-corrected chi connectivity index (χ1v) is 9.22. The number of aromatic nitrogens is 4. The number of rotatable bonds is 10. The lowest BCUT2D eigenvalue weighted by atomic mass is 10.3. The molecule has 13 nitrogen and oxygen atoms in total. The summed E-state index contributed by atoms with van der Waals surface area (Å²) in [5, 5.41) is 23.6. The molecule has 2 aromatic heterocycles. The van der Waals surface area contributed by atoms with Gasteiger partial charge < -0.3 is 19.9 Å². The normalized spacial score (nSPS) is 10.5. The fourth-order valence-corrected chi connectivity index (χ4v) is 2.49. The second-order valence-corrected chi connectivity index (χ2v) is 6.40. The summed E-state index contributed by atoms with van der Waals surface area (Å²) in [6.07, 6.45) is 2.29. The number of carbonyl (C=O) groups excluding carboxylic acids is 2. The molecule has 2 amide bonds. The molecule has 0 aliphatic carbocycles. The number of amides is 2. The van der Waals surface area contributed by atoms with Gasteiger partial charge in [-0.15, -0.1) is 0 Å². The summed E-state index contributed by atoms with van der Waals surface area (Å²) in [4.78, 5) is 37.8. The molecule has 0 atom stereocenters. The van der Waals surface area contributed by atoms with Crippen LogP contribution in [0.1, 0.15) is 16.5 Å². The van der Waals surface area contributed by atoms with Crippen LogP contribution in [0.3, 0.4) is 0 Å². The first-order valence-electron chi connectivity index (χ1n) is 8.84. The topological polar surface area (TPSA) is 167 Å². The number of nitrogens with one attached hydrogen (secondary N) is 2. The summed E-state index contributed by atoms with van der Waals surface area (Å²) in [5.41, 5.74) is -0.180. The average molecular weight is 450 g/mol. The predicted octanol–water partition coefficient (Wildman–Crippen LogP) is 0.801. The molecule has 0 fully saturated rings. The highest BCUT2D eigenvalue weighted by Gasteiger charge is 2.16. The van der Waals surface area contributed by atoms with E-state index in [0.29, 0.717) is 10.8 Å². The molecule has 162 valence electrons. The predicted molar refractivity (Wildman–Crippen MR) is 105 cm³/mol. The number of benzene rings is 1. The molecule has 2 heterocycles. The number of nitrogens with zero attached hydrogens (tertiary/aromatic N) is 5. The standard InChI is InChI=1S/C17H16ClN7O6/c18-12-3-1-2-4-13(12)30-10-15(26)19-5-6-20-16(27)17-22-14(23-31-17)9-24-8-11(7-21-24)25(28)29/h1-4,7-8H,5-6,9-10H2,(H,19,26)(H,20,27).